The molecule has 11 atom stereocenters. The number of likely N-dealkylation sites (N-methyl/N-ethyl adjacent to an activating group) is 3. The lowest BCUT2D eigenvalue weighted by Gasteiger charge is -2.47. The molecule has 3 N–H and O–H groups in total. The molecule has 0 saturated carbocycles. The Kier molecular flexibility index (Phi) is 15.3. The quantitative estimate of drug-likeness (QED) is 0.327. The third-order valence-electron chi connectivity index (χ3n) is 11.7. The third kappa shape index (κ3) is 9.97. The Morgan fingerprint density at radius 2 is 1.69 bits per heavy atom. The molecule has 0 bridgehead atoms. The van der Waals surface area contributed by atoms with Crippen LogP contribution >= 0.6 is 0 Å². The zero-order valence-electron chi connectivity index (χ0n) is 32.1. The second-order valence-electron chi connectivity index (χ2n) is 16.5. The van der Waals surface area contributed by atoms with Gasteiger partial charge in [0.25, 0.3) is 0 Å². The number of carbonyl (C=O) groups is 1. The van der Waals surface area contributed by atoms with E-state index in [9.17, 15) is 20.1 Å². The number of hydrogen-bond acceptors (Lipinski definition) is 12. The van der Waals surface area contributed by atoms with E-state index in [0.29, 0.717) is 25.4 Å². The van der Waals surface area contributed by atoms with Gasteiger partial charge in [-0.2, -0.15) is 0 Å². The van der Waals surface area contributed by atoms with E-state index >= 15 is 0 Å². The summed E-state index contributed by atoms with van der Waals surface area (Å²) in [6, 6.07) is -0.0167. The smallest absolute Gasteiger partial charge is 0.185 e. The van der Waals surface area contributed by atoms with E-state index in [4.69, 9.17) is 18.9 Å². The molecule has 0 unspecified atom stereocenters. The molecule has 12 nitrogen and oxygen atoms in total. The first-order valence-electron chi connectivity index (χ1n) is 18.1. The summed E-state index contributed by atoms with van der Waals surface area (Å²) in [6.07, 6.45) is -0.877. The highest BCUT2D eigenvalue weighted by Gasteiger charge is 2.51. The lowest BCUT2D eigenvalue weighted by atomic mass is 9.74. The summed E-state index contributed by atoms with van der Waals surface area (Å²) < 4.78 is 25.4. The molecule has 3 fully saturated rings. The number of carbonyl (C=O) groups excluding carboxylic acids is 1. The fourth-order valence-corrected chi connectivity index (χ4v) is 8.36. The average Bonchev–Trinajstić information content (AvgIpc) is 3.02. The molecule has 0 aromatic carbocycles. The normalized spacial score (nSPS) is 39.6. The van der Waals surface area contributed by atoms with Crippen LogP contribution in [0.25, 0.3) is 0 Å². The van der Waals surface area contributed by atoms with Crippen molar-refractivity contribution in [2.45, 2.75) is 122 Å². The Hall–Kier alpha value is -0.770. The fourth-order valence-electron chi connectivity index (χ4n) is 8.36. The van der Waals surface area contributed by atoms with E-state index < -0.39 is 41.7 Å². The standard InChI is InChI=1S/C36H70N4O8/c1-23-18-36(6,45-12)32(48-33-30(42)28(38(9)10)17-24(2)47-33)25(3)31(43)35(4,5)34(44)46-22-29(39(11)19-23)26-13-15-40(16-14-26)20-27(21-41)37(7)8/h23-30,32-34,41-42,44H,13-22H2,1-12H3/t23-,24-,25+,27-,28+,29-,30-,32-,33+,34-,36-/m1/s1. The Labute approximate surface area is 291 Å². The largest absolute Gasteiger partial charge is 0.395 e. The minimum Gasteiger partial charge on any atom is -0.395 e. The number of rotatable bonds is 9. The van der Waals surface area contributed by atoms with Crippen LogP contribution in [-0.4, -0.2) is 177 Å². The molecule has 3 rings (SSSR count). The number of methoxy groups -OCH3 is 1. The van der Waals surface area contributed by atoms with Gasteiger partial charge >= 0.3 is 0 Å². The van der Waals surface area contributed by atoms with Crippen molar-refractivity contribution in [2.75, 3.05) is 81.7 Å². The molecule has 3 saturated heterocycles. The van der Waals surface area contributed by atoms with Gasteiger partial charge in [0.2, 0.25) is 0 Å². The van der Waals surface area contributed by atoms with Gasteiger partial charge in [0.1, 0.15) is 11.9 Å². The van der Waals surface area contributed by atoms with Crippen molar-refractivity contribution in [1.29, 1.82) is 0 Å². The van der Waals surface area contributed by atoms with Crippen molar-refractivity contribution in [3.63, 3.8) is 0 Å². The Balaban J connectivity index is 1.89. The number of nitrogens with zero attached hydrogens (tertiary/aromatic N) is 4. The van der Waals surface area contributed by atoms with Gasteiger partial charge in [0.15, 0.2) is 12.6 Å². The van der Waals surface area contributed by atoms with Crippen molar-refractivity contribution >= 4 is 5.78 Å². The number of aliphatic hydroxyl groups excluding tert-OH is 3. The SMILES string of the molecule is CO[C@]1(C)C[C@@H](C)CN(C)[C@@H](C2CCN(C[C@H](CO)N(C)C)CC2)CO[C@@H](O)C(C)(C)C(=O)[C@H](C)[C@H]1O[C@@H]1O[C@H](C)C[C@H](N(C)C)[C@H]1O. The lowest BCUT2D eigenvalue weighted by molar-refractivity contribution is -0.296. The zero-order valence-corrected chi connectivity index (χ0v) is 32.1. The summed E-state index contributed by atoms with van der Waals surface area (Å²) in [5.74, 6) is -0.396. The van der Waals surface area contributed by atoms with Crippen LogP contribution in [0.5, 0.6) is 0 Å². The summed E-state index contributed by atoms with van der Waals surface area (Å²) in [6.45, 7) is 15.3. The van der Waals surface area contributed by atoms with E-state index in [2.05, 4.69) is 28.7 Å². The van der Waals surface area contributed by atoms with Crippen LogP contribution in [0, 0.1) is 23.2 Å². The first kappa shape index (κ1) is 41.6. The van der Waals surface area contributed by atoms with Crippen LogP contribution in [0.3, 0.4) is 0 Å². The topological polar surface area (TPSA) is 128 Å². The maximum Gasteiger partial charge on any atom is 0.185 e. The predicted molar refractivity (Wildman–Crippen MR) is 187 cm³/mol. The predicted octanol–water partition coefficient (Wildman–Crippen LogP) is 1.74. The van der Waals surface area contributed by atoms with Gasteiger partial charge < -0.3 is 53.9 Å². The van der Waals surface area contributed by atoms with Crippen molar-refractivity contribution in [3.05, 3.63) is 0 Å². The van der Waals surface area contributed by atoms with E-state index in [-0.39, 0.29) is 42.5 Å². The Morgan fingerprint density at radius 3 is 2.23 bits per heavy atom. The average molecular weight is 687 g/mol. The van der Waals surface area contributed by atoms with Gasteiger partial charge in [-0.15, -0.1) is 0 Å². The summed E-state index contributed by atoms with van der Waals surface area (Å²) in [7, 11) is 11.7. The van der Waals surface area contributed by atoms with Crippen LogP contribution < -0.4 is 0 Å². The second-order valence-corrected chi connectivity index (χ2v) is 16.5. The molecule has 0 amide bonds. The molecule has 0 spiro atoms. The summed E-state index contributed by atoms with van der Waals surface area (Å²) >= 11 is 0. The highest BCUT2D eigenvalue weighted by Crippen LogP contribution is 2.39. The molecule has 0 radical (unpaired) electrons. The summed E-state index contributed by atoms with van der Waals surface area (Å²) in [4.78, 5) is 23.2. The van der Waals surface area contributed by atoms with Crippen molar-refractivity contribution < 1.29 is 39.1 Å². The molecule has 48 heavy (non-hydrogen) atoms. The van der Waals surface area contributed by atoms with Crippen LogP contribution in [-0.2, 0) is 23.7 Å². The molecule has 3 heterocycles. The van der Waals surface area contributed by atoms with Crippen LogP contribution in [0.1, 0.15) is 67.2 Å². The monoisotopic (exact) mass is 687 g/mol. The number of aliphatic hydroxyl groups is 3. The molecule has 282 valence electrons. The van der Waals surface area contributed by atoms with Gasteiger partial charge in [-0.25, -0.2) is 0 Å². The summed E-state index contributed by atoms with van der Waals surface area (Å²) in [5.41, 5.74) is -2.14. The Morgan fingerprint density at radius 1 is 1.06 bits per heavy atom. The maximum absolute atomic E-state index is 14.4. The number of ether oxygens (including phenoxy) is 4. The second kappa shape index (κ2) is 17.6. The van der Waals surface area contributed by atoms with E-state index in [1.165, 1.54) is 0 Å². The van der Waals surface area contributed by atoms with Gasteiger partial charge in [0.05, 0.1) is 36.4 Å². The number of piperidine rings is 1. The first-order valence-corrected chi connectivity index (χ1v) is 18.1. The van der Waals surface area contributed by atoms with Gasteiger partial charge in [-0.05, 0) is 114 Å². The molecule has 0 aromatic rings. The molecular weight excluding hydrogens is 616 g/mol. The van der Waals surface area contributed by atoms with Crippen LogP contribution in [0.15, 0.2) is 0 Å². The van der Waals surface area contributed by atoms with Crippen molar-refractivity contribution in [3.8, 4) is 0 Å². The van der Waals surface area contributed by atoms with Crippen LogP contribution in [0.4, 0.5) is 0 Å². The third-order valence-corrected chi connectivity index (χ3v) is 11.7. The highest BCUT2D eigenvalue weighted by atomic mass is 16.7. The maximum atomic E-state index is 14.4. The van der Waals surface area contributed by atoms with E-state index in [0.717, 1.165) is 39.0 Å². The minimum atomic E-state index is -1.32. The molecule has 3 aliphatic heterocycles. The number of ketones is 1. The molecule has 0 aromatic heterocycles. The first-order chi connectivity index (χ1) is 22.4. The van der Waals surface area contributed by atoms with Gasteiger partial charge in [-0.1, -0.05) is 13.8 Å². The Bertz CT molecular complexity index is 995. The van der Waals surface area contributed by atoms with E-state index in [1.807, 2.05) is 53.9 Å². The molecular formula is C36H70N4O8. The number of hydrogen-bond donors (Lipinski definition) is 3. The van der Waals surface area contributed by atoms with Crippen molar-refractivity contribution in [1.82, 2.24) is 19.6 Å². The van der Waals surface area contributed by atoms with Gasteiger partial charge in [0, 0.05) is 44.2 Å². The molecule has 12 heteroatoms. The fraction of sp³-hybridized carbons (Fsp3) is 0.972. The number of Topliss-reactive ketones (excluding diaryl/α,β-unsaturated/α-hetero) is 1. The highest BCUT2D eigenvalue weighted by molar-refractivity contribution is 5.87. The number of likely N-dealkylation sites (tertiary alicyclic amines) is 1. The molecule has 3 aliphatic rings. The molecule has 0 aliphatic carbocycles. The van der Waals surface area contributed by atoms with Crippen molar-refractivity contribution in [2.24, 2.45) is 23.2 Å². The van der Waals surface area contributed by atoms with Gasteiger partial charge in [-0.3, -0.25) is 4.79 Å². The summed E-state index contributed by atoms with van der Waals surface area (Å²) in [5, 5.41) is 32.7. The van der Waals surface area contributed by atoms with E-state index in [1.54, 1.807) is 21.0 Å². The zero-order chi connectivity index (χ0) is 36.1. The minimum absolute atomic E-state index is 0.0481. The van der Waals surface area contributed by atoms with Crippen LogP contribution in [0.2, 0.25) is 0 Å². The lowest BCUT2D eigenvalue weighted by Crippen LogP contribution is -2.59.